The molecule has 1 unspecified atom stereocenters. The predicted molar refractivity (Wildman–Crippen MR) is 211 cm³/mol. The number of carboxylic acids is 1. The summed E-state index contributed by atoms with van der Waals surface area (Å²) in [6.07, 6.45) is 2.98. The fourth-order valence-electron chi connectivity index (χ4n) is 7.15. The molecule has 3 N–H and O–H groups in total. The highest BCUT2D eigenvalue weighted by atomic mass is 35.5. The van der Waals surface area contributed by atoms with Gasteiger partial charge in [0.15, 0.2) is 11.5 Å². The van der Waals surface area contributed by atoms with Crippen molar-refractivity contribution in [2.75, 3.05) is 70.3 Å². The number of pyridine rings is 1. The second-order valence-electron chi connectivity index (χ2n) is 13.4. The lowest BCUT2D eigenvalue weighted by Crippen LogP contribution is -2.55. The molecule has 2 aromatic heterocycles. The first-order valence-electron chi connectivity index (χ1n) is 17.6. The Morgan fingerprint density at radius 2 is 1.77 bits per heavy atom. The fourth-order valence-corrected chi connectivity index (χ4v) is 7.32. The Hall–Kier alpha value is -6.46. The maximum atomic E-state index is 15.6. The number of carbonyl (C=O) groups excluding carboxylic acids is 1. The monoisotopic (exact) mass is 800 g/mol. The minimum absolute atomic E-state index is 0.00487. The molecule has 0 bridgehead atoms. The first kappa shape index (κ1) is 38.8. The molecule has 1 atom stereocenters. The van der Waals surface area contributed by atoms with Crippen LogP contribution < -0.4 is 40.0 Å². The number of nitrogen functional groups attached to an aromatic ring is 1. The van der Waals surface area contributed by atoms with E-state index in [1.54, 1.807) is 29.3 Å². The minimum Gasteiger partial charge on any atom is -0.493 e. The Labute approximate surface area is 330 Å². The highest BCUT2D eigenvalue weighted by molar-refractivity contribution is 6.55. The van der Waals surface area contributed by atoms with E-state index < -0.39 is 22.8 Å². The molecule has 1 amide bonds. The van der Waals surface area contributed by atoms with E-state index in [0.717, 1.165) is 22.6 Å². The molecule has 18 heteroatoms. The highest BCUT2D eigenvalue weighted by Gasteiger charge is 2.37. The van der Waals surface area contributed by atoms with Crippen LogP contribution in [-0.4, -0.2) is 103 Å². The van der Waals surface area contributed by atoms with Crippen LogP contribution in [0, 0.1) is 5.82 Å². The van der Waals surface area contributed by atoms with Crippen LogP contribution in [0.4, 0.5) is 27.5 Å². The third kappa shape index (κ3) is 7.22. The van der Waals surface area contributed by atoms with Gasteiger partial charge in [-0.1, -0.05) is 11.6 Å². The second-order valence-corrected chi connectivity index (χ2v) is 13.8. The third-order valence-electron chi connectivity index (χ3n) is 10.1. The maximum absolute atomic E-state index is 15.6. The zero-order valence-corrected chi connectivity index (χ0v) is 32.3. The first-order chi connectivity index (χ1) is 27.3. The SMILES string of the molecule is COc1cc(Cc2cnc(/N=C3\C(=O)N(CN4CCN(c5cc6c(cc5F)c(=O)c(C(=O)O)cn6OC)CC4C)c4ccc(Cl)cc43)nc2N)cc(OC)c1OC. The number of methoxy groups -OCH3 is 3. The van der Waals surface area contributed by atoms with E-state index in [1.165, 1.54) is 34.5 Å². The Morgan fingerprint density at radius 1 is 1.04 bits per heavy atom. The average Bonchev–Trinajstić information content (AvgIpc) is 3.44. The summed E-state index contributed by atoms with van der Waals surface area (Å²) in [5.74, 6) is -0.889. The number of benzene rings is 3. The smallest absolute Gasteiger partial charge is 0.341 e. The Morgan fingerprint density at radius 3 is 2.40 bits per heavy atom. The van der Waals surface area contributed by atoms with E-state index in [1.807, 2.05) is 24.0 Å². The number of amides is 1. The summed E-state index contributed by atoms with van der Waals surface area (Å²) < 4.78 is 33.1. The summed E-state index contributed by atoms with van der Waals surface area (Å²) in [4.78, 5) is 62.8. The number of hydrogen-bond acceptors (Lipinski definition) is 13. The van der Waals surface area contributed by atoms with Crippen LogP contribution in [0.25, 0.3) is 10.9 Å². The van der Waals surface area contributed by atoms with Gasteiger partial charge in [0.05, 0.1) is 56.5 Å². The Kier molecular flexibility index (Phi) is 10.6. The lowest BCUT2D eigenvalue weighted by Gasteiger charge is -2.42. The Balaban J connectivity index is 1.11. The van der Waals surface area contributed by atoms with Crippen molar-refractivity contribution in [3.8, 4) is 17.2 Å². The van der Waals surface area contributed by atoms with Gasteiger partial charge in [-0.05, 0) is 55.0 Å². The summed E-state index contributed by atoms with van der Waals surface area (Å²) in [6, 6.07) is 11.1. The number of ether oxygens (including phenoxy) is 3. The molecule has 0 spiro atoms. The number of fused-ring (bicyclic) bond motifs is 2. The van der Waals surface area contributed by atoms with Crippen molar-refractivity contribution in [3.63, 3.8) is 0 Å². The molecule has 0 radical (unpaired) electrons. The van der Waals surface area contributed by atoms with Gasteiger partial charge in [0.2, 0.25) is 11.2 Å². The van der Waals surface area contributed by atoms with E-state index >= 15 is 4.39 Å². The van der Waals surface area contributed by atoms with Crippen LogP contribution in [0.5, 0.6) is 17.2 Å². The second kappa shape index (κ2) is 15.6. The van der Waals surface area contributed by atoms with Gasteiger partial charge in [-0.3, -0.25) is 19.4 Å². The largest absolute Gasteiger partial charge is 0.493 e. The van der Waals surface area contributed by atoms with Crippen LogP contribution in [0.1, 0.15) is 34.0 Å². The molecular weight excluding hydrogens is 763 g/mol. The summed E-state index contributed by atoms with van der Waals surface area (Å²) in [7, 11) is 5.91. The molecule has 57 heavy (non-hydrogen) atoms. The molecule has 7 rings (SSSR count). The number of rotatable bonds is 11. The fraction of sp³-hybridized carbons (Fsp3) is 0.282. The molecule has 1 saturated heterocycles. The van der Waals surface area contributed by atoms with Crippen molar-refractivity contribution >= 4 is 63.2 Å². The van der Waals surface area contributed by atoms with Crippen LogP contribution in [0.3, 0.4) is 0 Å². The molecular formula is C39H38ClFN8O8. The number of carboxylic acid groups (broad SMARTS) is 1. The number of piperazine rings is 1. The standard InChI is InChI=1S/C39H38ClFN8O8/c1-20-17-46(30-15-29-25(14-27(30)41)34(50)26(38(52)53)18-49(29)57-5)8-9-47(20)19-48-28-7-6-23(40)13-24(28)33(37(48)51)44-39-43-16-22(36(42)45-39)10-21-11-31(54-2)35(56-4)32(12-21)55-3/h6-7,11-16,18,20H,8-10,17,19H2,1-5H3,(H,52,53)(H2,42,43,45)/b44-33-. The molecule has 1 fully saturated rings. The molecule has 0 saturated carbocycles. The predicted octanol–water partition coefficient (Wildman–Crippen LogP) is 4.18. The number of hydrogen-bond donors (Lipinski definition) is 2. The molecule has 5 aromatic rings. The van der Waals surface area contributed by atoms with Crippen LogP contribution >= 0.6 is 11.6 Å². The van der Waals surface area contributed by atoms with Crippen molar-refractivity contribution in [1.82, 2.24) is 19.6 Å². The Bertz CT molecular complexity index is 2510. The zero-order chi connectivity index (χ0) is 40.7. The van der Waals surface area contributed by atoms with Crippen molar-refractivity contribution in [2.45, 2.75) is 19.4 Å². The van der Waals surface area contributed by atoms with Crippen LogP contribution in [0.2, 0.25) is 5.02 Å². The third-order valence-corrected chi connectivity index (χ3v) is 10.3. The van der Waals surface area contributed by atoms with Crippen molar-refractivity contribution in [1.29, 1.82) is 0 Å². The quantitative estimate of drug-likeness (QED) is 0.194. The molecule has 296 valence electrons. The van der Waals surface area contributed by atoms with Gasteiger partial charge in [0.1, 0.15) is 30.0 Å². The van der Waals surface area contributed by atoms with Gasteiger partial charge in [-0.15, -0.1) is 0 Å². The van der Waals surface area contributed by atoms with Gasteiger partial charge in [-0.2, -0.15) is 9.71 Å². The number of nitrogens with two attached hydrogens (primary N) is 1. The van der Waals surface area contributed by atoms with E-state index in [9.17, 15) is 19.5 Å². The number of aromatic nitrogens is 3. The van der Waals surface area contributed by atoms with Crippen molar-refractivity contribution in [2.24, 2.45) is 4.99 Å². The van der Waals surface area contributed by atoms with Crippen LogP contribution in [0.15, 0.2) is 64.6 Å². The summed E-state index contributed by atoms with van der Waals surface area (Å²) >= 11 is 6.40. The van der Waals surface area contributed by atoms with Crippen molar-refractivity contribution in [3.05, 3.63) is 98.2 Å². The summed E-state index contributed by atoms with van der Waals surface area (Å²) in [5.41, 5.74) is 8.13. The molecule has 0 aliphatic carbocycles. The topological polar surface area (TPSA) is 187 Å². The molecule has 2 aliphatic heterocycles. The first-order valence-corrected chi connectivity index (χ1v) is 18.0. The van der Waals surface area contributed by atoms with Crippen LogP contribution in [-0.2, 0) is 11.2 Å². The van der Waals surface area contributed by atoms with E-state index in [2.05, 4.69) is 19.9 Å². The number of aliphatic imine (C=N–C) groups is 1. The highest BCUT2D eigenvalue weighted by Crippen LogP contribution is 2.39. The molecule has 2 aliphatic rings. The average molecular weight is 801 g/mol. The van der Waals surface area contributed by atoms with Gasteiger partial charge in [0, 0.05) is 54.4 Å². The lowest BCUT2D eigenvalue weighted by atomic mass is 10.1. The van der Waals surface area contributed by atoms with Gasteiger partial charge >= 0.3 is 5.97 Å². The van der Waals surface area contributed by atoms with E-state index in [4.69, 9.17) is 36.4 Å². The van der Waals surface area contributed by atoms with E-state index in [0.29, 0.717) is 65.1 Å². The maximum Gasteiger partial charge on any atom is 0.341 e. The number of nitrogens with zero attached hydrogens (tertiary/aromatic N) is 7. The van der Waals surface area contributed by atoms with E-state index in [-0.39, 0.29) is 52.7 Å². The number of halogens is 2. The van der Waals surface area contributed by atoms with Gasteiger partial charge < -0.3 is 34.8 Å². The molecule has 16 nitrogen and oxygen atoms in total. The summed E-state index contributed by atoms with van der Waals surface area (Å²) in [6.45, 7) is 3.35. The van der Waals surface area contributed by atoms with Crippen molar-refractivity contribution < 1.29 is 38.1 Å². The number of anilines is 3. The molecule has 3 aromatic carbocycles. The zero-order valence-electron chi connectivity index (χ0n) is 31.6. The molecule has 4 heterocycles. The summed E-state index contributed by atoms with van der Waals surface area (Å²) in [5, 5.41) is 9.75. The number of carbonyl (C=O) groups is 2. The number of aromatic carboxylic acids is 1. The van der Waals surface area contributed by atoms with Gasteiger partial charge in [-0.25, -0.2) is 19.2 Å². The minimum atomic E-state index is -1.44. The normalized spacial score (nSPS) is 16.3. The lowest BCUT2D eigenvalue weighted by molar-refractivity contribution is -0.112. The van der Waals surface area contributed by atoms with Gasteiger partial charge in [0.25, 0.3) is 11.9 Å².